The number of rotatable bonds is 9. The van der Waals surface area contributed by atoms with E-state index >= 15 is 0 Å². The van der Waals surface area contributed by atoms with E-state index in [0.717, 1.165) is 37.0 Å². The Hall–Kier alpha value is -1.19. The van der Waals surface area contributed by atoms with Crippen LogP contribution in [0.5, 0.6) is 0 Å². The lowest BCUT2D eigenvalue weighted by Crippen LogP contribution is -2.00. The predicted octanol–water partition coefficient (Wildman–Crippen LogP) is 5.66. The zero-order valence-electron chi connectivity index (χ0n) is 14.6. The molecule has 0 amide bonds. The minimum atomic E-state index is 0.175. The minimum Gasteiger partial charge on any atom is -0.282 e. The molecule has 3 heteroatoms. The van der Waals surface area contributed by atoms with Crippen LogP contribution in [0.15, 0.2) is 48.5 Å². The lowest BCUT2D eigenvalue weighted by Gasteiger charge is -2.09. The van der Waals surface area contributed by atoms with Crippen LogP contribution < -0.4 is 0 Å². The van der Waals surface area contributed by atoms with E-state index in [1.54, 1.807) is 0 Å². The summed E-state index contributed by atoms with van der Waals surface area (Å²) in [5, 5.41) is 0.175. The van der Waals surface area contributed by atoms with Crippen molar-refractivity contribution < 1.29 is 4.79 Å². The summed E-state index contributed by atoms with van der Waals surface area (Å²) in [6, 6.07) is 16.8. The van der Waals surface area contributed by atoms with E-state index in [-0.39, 0.29) is 5.12 Å². The van der Waals surface area contributed by atoms with Gasteiger partial charge in [0.15, 0.2) is 0 Å². The highest BCUT2D eigenvalue weighted by Gasteiger charge is 2.09. The predicted molar refractivity (Wildman–Crippen MR) is 109 cm³/mol. The second-order valence-electron chi connectivity index (χ2n) is 5.74. The molecule has 0 aliphatic rings. The molecule has 0 spiro atoms. The van der Waals surface area contributed by atoms with E-state index in [0.29, 0.717) is 0 Å². The molecule has 0 aromatic heterocycles. The van der Waals surface area contributed by atoms with Gasteiger partial charge in [-0.25, -0.2) is 0 Å². The standard InChI is InChI=1S/C21H26OS2/c1-3-17-9-4-5-10-18(17)14-16-24-15-8-12-19-11-6-7-13-20(19)21(22)23-2/h4-7,9-11,13H,3,8,12,14-16H2,1-2H3. The molecule has 2 aromatic rings. The molecule has 0 heterocycles. The van der Waals surface area contributed by atoms with Crippen molar-refractivity contribution >= 4 is 28.6 Å². The van der Waals surface area contributed by atoms with Crippen molar-refractivity contribution in [1.29, 1.82) is 0 Å². The molecule has 0 aliphatic carbocycles. The van der Waals surface area contributed by atoms with Gasteiger partial charge in [0.2, 0.25) is 5.12 Å². The van der Waals surface area contributed by atoms with Gasteiger partial charge in [0, 0.05) is 5.56 Å². The molecule has 0 aliphatic heterocycles. The van der Waals surface area contributed by atoms with Crippen molar-refractivity contribution in [2.45, 2.75) is 32.6 Å². The first-order valence-corrected chi connectivity index (χ1v) is 10.9. The molecule has 0 N–H and O–H groups in total. The number of hydrogen-bond donors (Lipinski definition) is 0. The van der Waals surface area contributed by atoms with Gasteiger partial charge in [-0.15, -0.1) is 0 Å². The van der Waals surface area contributed by atoms with Crippen LogP contribution in [0, 0.1) is 0 Å². The highest BCUT2D eigenvalue weighted by Crippen LogP contribution is 2.18. The Labute approximate surface area is 154 Å². The summed E-state index contributed by atoms with van der Waals surface area (Å²) in [5.41, 5.74) is 5.03. The van der Waals surface area contributed by atoms with Crippen LogP contribution in [0.1, 0.15) is 40.4 Å². The van der Waals surface area contributed by atoms with Gasteiger partial charge in [-0.2, -0.15) is 11.8 Å². The fourth-order valence-corrected chi connectivity index (χ4v) is 4.18. The summed E-state index contributed by atoms with van der Waals surface area (Å²) in [7, 11) is 0. The molecule has 1 nitrogen and oxygen atoms in total. The van der Waals surface area contributed by atoms with Crippen molar-refractivity contribution in [2.75, 3.05) is 17.8 Å². The smallest absolute Gasteiger partial charge is 0.219 e. The molecule has 0 saturated heterocycles. The van der Waals surface area contributed by atoms with E-state index in [1.807, 2.05) is 36.2 Å². The lowest BCUT2D eigenvalue weighted by molar-refractivity contribution is 0.108. The van der Waals surface area contributed by atoms with Crippen LogP contribution in [0.3, 0.4) is 0 Å². The first kappa shape index (κ1) is 19.1. The average Bonchev–Trinajstić information content (AvgIpc) is 2.64. The molecule has 0 fully saturated rings. The van der Waals surface area contributed by atoms with Gasteiger partial charge in [0.25, 0.3) is 0 Å². The fraction of sp³-hybridized carbons (Fsp3) is 0.381. The summed E-state index contributed by atoms with van der Waals surface area (Å²) in [6.07, 6.45) is 6.22. The number of aryl methyl sites for hydroxylation is 3. The largest absolute Gasteiger partial charge is 0.282 e. The van der Waals surface area contributed by atoms with E-state index < -0.39 is 0 Å². The Morgan fingerprint density at radius 1 is 0.875 bits per heavy atom. The number of carbonyl (C=O) groups excluding carboxylic acids is 1. The molecule has 0 saturated carbocycles. The first-order chi connectivity index (χ1) is 11.8. The molecule has 0 radical (unpaired) electrons. The van der Waals surface area contributed by atoms with Crippen LogP contribution in [-0.4, -0.2) is 22.9 Å². The second kappa shape index (κ2) is 10.6. The van der Waals surface area contributed by atoms with Gasteiger partial charge in [0.05, 0.1) is 0 Å². The van der Waals surface area contributed by atoms with Crippen LogP contribution in [-0.2, 0) is 19.3 Å². The monoisotopic (exact) mass is 358 g/mol. The fourth-order valence-electron chi connectivity index (χ4n) is 2.84. The maximum Gasteiger partial charge on any atom is 0.219 e. The summed E-state index contributed by atoms with van der Waals surface area (Å²) in [5.74, 6) is 2.32. The Morgan fingerprint density at radius 3 is 2.25 bits per heavy atom. The summed E-state index contributed by atoms with van der Waals surface area (Å²) >= 11 is 3.31. The second-order valence-corrected chi connectivity index (χ2v) is 7.74. The van der Waals surface area contributed by atoms with Crippen molar-refractivity contribution in [2.24, 2.45) is 0 Å². The molecule has 2 rings (SSSR count). The van der Waals surface area contributed by atoms with Gasteiger partial charge in [-0.1, -0.05) is 67.2 Å². The van der Waals surface area contributed by atoms with E-state index in [1.165, 1.54) is 34.2 Å². The Kier molecular flexibility index (Phi) is 8.48. The minimum absolute atomic E-state index is 0.175. The average molecular weight is 359 g/mol. The normalized spacial score (nSPS) is 10.8. The Morgan fingerprint density at radius 2 is 1.54 bits per heavy atom. The van der Waals surface area contributed by atoms with Crippen LogP contribution in [0.2, 0.25) is 0 Å². The third-order valence-electron chi connectivity index (χ3n) is 4.17. The molecule has 0 bridgehead atoms. The van der Waals surface area contributed by atoms with Crippen molar-refractivity contribution in [3.8, 4) is 0 Å². The summed E-state index contributed by atoms with van der Waals surface area (Å²) < 4.78 is 0. The number of thioether (sulfide) groups is 2. The molecular weight excluding hydrogens is 332 g/mol. The topological polar surface area (TPSA) is 17.1 Å². The SMILES string of the molecule is CCc1ccccc1CCSCCCc1ccccc1C(=O)SC. The molecule has 0 unspecified atom stereocenters. The van der Waals surface area contributed by atoms with E-state index in [2.05, 4.69) is 37.3 Å². The Bertz CT molecular complexity index is 652. The summed E-state index contributed by atoms with van der Waals surface area (Å²) in [6.45, 7) is 2.22. The molecule has 2 aromatic carbocycles. The van der Waals surface area contributed by atoms with Crippen LogP contribution >= 0.6 is 23.5 Å². The highest BCUT2D eigenvalue weighted by atomic mass is 32.2. The van der Waals surface area contributed by atoms with Gasteiger partial charge < -0.3 is 0 Å². The third-order valence-corrected chi connectivity index (χ3v) is 5.83. The first-order valence-electron chi connectivity index (χ1n) is 8.57. The van der Waals surface area contributed by atoms with Crippen LogP contribution in [0.25, 0.3) is 0 Å². The van der Waals surface area contributed by atoms with Gasteiger partial charge in [-0.3, -0.25) is 4.79 Å². The summed E-state index contributed by atoms with van der Waals surface area (Å²) in [4.78, 5) is 11.9. The molecular formula is C21H26OS2. The Balaban J connectivity index is 1.73. The molecule has 0 atom stereocenters. The van der Waals surface area contributed by atoms with Crippen molar-refractivity contribution in [1.82, 2.24) is 0 Å². The highest BCUT2D eigenvalue weighted by molar-refractivity contribution is 8.13. The van der Waals surface area contributed by atoms with Crippen LogP contribution in [0.4, 0.5) is 0 Å². The van der Waals surface area contributed by atoms with Crippen molar-refractivity contribution in [3.63, 3.8) is 0 Å². The number of hydrogen-bond acceptors (Lipinski definition) is 3. The molecule has 24 heavy (non-hydrogen) atoms. The lowest BCUT2D eigenvalue weighted by atomic mass is 10.0. The van der Waals surface area contributed by atoms with Crippen molar-refractivity contribution in [3.05, 3.63) is 70.8 Å². The quantitative estimate of drug-likeness (QED) is 0.538. The number of benzene rings is 2. The van der Waals surface area contributed by atoms with E-state index in [9.17, 15) is 4.79 Å². The zero-order valence-corrected chi connectivity index (χ0v) is 16.2. The number of carbonyl (C=O) groups is 1. The van der Waals surface area contributed by atoms with Gasteiger partial charge in [-0.05, 0) is 60.1 Å². The maximum atomic E-state index is 11.9. The van der Waals surface area contributed by atoms with Gasteiger partial charge >= 0.3 is 0 Å². The third kappa shape index (κ3) is 5.71. The molecule has 128 valence electrons. The van der Waals surface area contributed by atoms with Gasteiger partial charge in [0.1, 0.15) is 0 Å². The van der Waals surface area contributed by atoms with E-state index in [4.69, 9.17) is 0 Å². The zero-order chi connectivity index (χ0) is 17.2. The maximum absolute atomic E-state index is 11.9.